The summed E-state index contributed by atoms with van der Waals surface area (Å²) in [5.74, 6) is -0.252. The number of nitro groups is 1. The van der Waals surface area contributed by atoms with E-state index in [-0.39, 0.29) is 35.6 Å². The highest BCUT2D eigenvalue weighted by molar-refractivity contribution is 6.07. The van der Waals surface area contributed by atoms with Crippen molar-refractivity contribution in [2.45, 2.75) is 13.3 Å². The number of rotatable bonds is 3. The van der Waals surface area contributed by atoms with Gasteiger partial charge in [0, 0.05) is 29.7 Å². The maximum atomic E-state index is 11.3. The van der Waals surface area contributed by atoms with Gasteiger partial charge in [-0.3, -0.25) is 19.9 Å². The van der Waals surface area contributed by atoms with Crippen LogP contribution in [0.25, 0.3) is 0 Å². The Bertz CT molecular complexity index is 662. The number of nitrogens with zero attached hydrogens (tertiary/aromatic N) is 3. The number of carbonyl (C=O) groups excluding carboxylic acids is 1. The zero-order valence-electron chi connectivity index (χ0n) is 11.4. The lowest BCUT2D eigenvalue weighted by Crippen LogP contribution is -2.24. The fourth-order valence-electron chi connectivity index (χ4n) is 2.27. The van der Waals surface area contributed by atoms with Crippen LogP contribution in [0.1, 0.15) is 18.9 Å². The molecule has 1 heterocycles. The Hall–Kier alpha value is -2.77. The summed E-state index contributed by atoms with van der Waals surface area (Å²) >= 11 is 0. The SMILES string of the molecule is CC1CC(=O)CN=C1c1ccc(N=C(N)N)c([N+](=O)[O-])c1. The minimum atomic E-state index is -0.551. The van der Waals surface area contributed by atoms with Gasteiger partial charge in [0.2, 0.25) is 0 Å². The minimum absolute atomic E-state index is 0.0675. The number of nitro benzene ring substituents is 1. The van der Waals surface area contributed by atoms with Crippen LogP contribution in [0.2, 0.25) is 0 Å². The average Bonchev–Trinajstić information content (AvgIpc) is 2.38. The van der Waals surface area contributed by atoms with Crippen LogP contribution < -0.4 is 11.5 Å². The Balaban J connectivity index is 2.48. The molecule has 1 aromatic carbocycles. The molecule has 1 aliphatic rings. The molecule has 0 saturated carbocycles. The van der Waals surface area contributed by atoms with Crippen LogP contribution in [0.15, 0.2) is 28.2 Å². The first-order chi connectivity index (χ1) is 9.88. The van der Waals surface area contributed by atoms with E-state index in [1.807, 2.05) is 6.92 Å². The topological polar surface area (TPSA) is 137 Å². The number of Topliss-reactive ketones (excluding diaryl/α,β-unsaturated/α-hetero) is 1. The van der Waals surface area contributed by atoms with Gasteiger partial charge in [-0.2, -0.15) is 0 Å². The second-order valence-corrected chi connectivity index (χ2v) is 4.84. The van der Waals surface area contributed by atoms with Crippen molar-refractivity contribution in [2.75, 3.05) is 6.54 Å². The second-order valence-electron chi connectivity index (χ2n) is 4.84. The molecule has 1 atom stereocenters. The molecule has 2 rings (SSSR count). The summed E-state index contributed by atoms with van der Waals surface area (Å²) in [4.78, 5) is 29.9. The molecule has 110 valence electrons. The molecule has 0 saturated heterocycles. The van der Waals surface area contributed by atoms with Crippen LogP contribution in [0.3, 0.4) is 0 Å². The molecule has 0 amide bonds. The van der Waals surface area contributed by atoms with Crippen LogP contribution >= 0.6 is 0 Å². The number of nitrogens with two attached hydrogens (primary N) is 2. The van der Waals surface area contributed by atoms with Gasteiger partial charge in [0.25, 0.3) is 5.69 Å². The van der Waals surface area contributed by atoms with Crippen molar-refractivity contribution in [3.63, 3.8) is 0 Å². The molecule has 0 radical (unpaired) electrons. The molecular weight excluding hydrogens is 274 g/mol. The summed E-state index contributed by atoms with van der Waals surface area (Å²) in [6.07, 6.45) is 0.391. The van der Waals surface area contributed by atoms with Crippen molar-refractivity contribution >= 4 is 28.8 Å². The molecule has 1 aromatic rings. The molecule has 0 bridgehead atoms. The van der Waals surface area contributed by atoms with Gasteiger partial charge in [-0.15, -0.1) is 0 Å². The molecule has 0 fully saturated rings. The summed E-state index contributed by atoms with van der Waals surface area (Å²) in [5, 5.41) is 11.1. The lowest BCUT2D eigenvalue weighted by Gasteiger charge is -2.18. The van der Waals surface area contributed by atoms with E-state index >= 15 is 0 Å². The molecule has 0 aromatic heterocycles. The highest BCUT2D eigenvalue weighted by Crippen LogP contribution is 2.30. The first kappa shape index (κ1) is 14.6. The van der Waals surface area contributed by atoms with Crippen LogP contribution in [-0.2, 0) is 4.79 Å². The van der Waals surface area contributed by atoms with E-state index in [0.29, 0.717) is 17.7 Å². The summed E-state index contributed by atoms with van der Waals surface area (Å²) in [6, 6.07) is 4.52. The van der Waals surface area contributed by atoms with Crippen molar-refractivity contribution in [3.05, 3.63) is 33.9 Å². The van der Waals surface area contributed by atoms with E-state index in [0.717, 1.165) is 0 Å². The Morgan fingerprint density at radius 3 is 2.76 bits per heavy atom. The molecule has 4 N–H and O–H groups in total. The summed E-state index contributed by atoms with van der Waals surface area (Å²) in [6.45, 7) is 1.98. The van der Waals surface area contributed by atoms with E-state index in [2.05, 4.69) is 9.98 Å². The fraction of sp³-hybridized carbons (Fsp3) is 0.308. The number of hydrogen-bond donors (Lipinski definition) is 2. The molecular formula is C13H15N5O3. The second kappa shape index (κ2) is 5.70. The number of carbonyl (C=O) groups is 1. The van der Waals surface area contributed by atoms with Gasteiger partial charge in [-0.05, 0) is 6.07 Å². The van der Waals surface area contributed by atoms with E-state index in [1.165, 1.54) is 12.1 Å². The number of guanidine groups is 1. The number of ketones is 1. The third-order valence-corrected chi connectivity index (χ3v) is 3.14. The fourth-order valence-corrected chi connectivity index (χ4v) is 2.27. The standard InChI is InChI=1S/C13H15N5O3/c1-7-4-9(19)6-16-12(7)8-2-3-10(17-13(14)15)11(5-8)18(20)21/h2-3,5,7H,4,6H2,1H3,(H4,14,15,17). The monoisotopic (exact) mass is 289 g/mol. The Morgan fingerprint density at radius 1 is 1.48 bits per heavy atom. The van der Waals surface area contributed by atoms with Crippen molar-refractivity contribution in [1.29, 1.82) is 0 Å². The van der Waals surface area contributed by atoms with Gasteiger partial charge >= 0.3 is 0 Å². The first-order valence-corrected chi connectivity index (χ1v) is 6.33. The summed E-state index contributed by atoms with van der Waals surface area (Å²) < 4.78 is 0. The van der Waals surface area contributed by atoms with Crippen molar-refractivity contribution in [1.82, 2.24) is 0 Å². The lowest BCUT2D eigenvalue weighted by molar-refractivity contribution is -0.384. The smallest absolute Gasteiger partial charge is 0.295 e. The normalized spacial score (nSPS) is 18.0. The predicted octanol–water partition coefficient (Wildman–Crippen LogP) is 0.898. The molecule has 21 heavy (non-hydrogen) atoms. The van der Waals surface area contributed by atoms with Crippen LogP contribution in [0.5, 0.6) is 0 Å². The molecule has 1 unspecified atom stereocenters. The van der Waals surface area contributed by atoms with Gasteiger partial charge < -0.3 is 11.5 Å². The molecule has 0 spiro atoms. The summed E-state index contributed by atoms with van der Waals surface area (Å²) in [7, 11) is 0. The van der Waals surface area contributed by atoms with Gasteiger partial charge in [0.15, 0.2) is 11.7 Å². The van der Waals surface area contributed by atoms with Crippen molar-refractivity contribution in [2.24, 2.45) is 27.4 Å². The van der Waals surface area contributed by atoms with Gasteiger partial charge in [-0.1, -0.05) is 13.0 Å². The zero-order valence-corrected chi connectivity index (χ0v) is 11.4. The Kier molecular flexibility index (Phi) is 3.97. The maximum absolute atomic E-state index is 11.3. The Labute approximate surface area is 120 Å². The largest absolute Gasteiger partial charge is 0.370 e. The lowest BCUT2D eigenvalue weighted by atomic mass is 9.91. The third-order valence-electron chi connectivity index (χ3n) is 3.14. The number of aliphatic imine (C=N–C) groups is 2. The minimum Gasteiger partial charge on any atom is -0.370 e. The highest BCUT2D eigenvalue weighted by Gasteiger charge is 2.24. The Morgan fingerprint density at radius 2 is 2.19 bits per heavy atom. The number of benzene rings is 1. The predicted molar refractivity (Wildman–Crippen MR) is 78.8 cm³/mol. The highest BCUT2D eigenvalue weighted by atomic mass is 16.6. The molecule has 0 aliphatic carbocycles. The van der Waals surface area contributed by atoms with Crippen LogP contribution in [-0.4, -0.2) is 28.9 Å². The average molecular weight is 289 g/mol. The molecule has 8 heteroatoms. The van der Waals surface area contributed by atoms with E-state index < -0.39 is 4.92 Å². The van der Waals surface area contributed by atoms with Crippen LogP contribution in [0, 0.1) is 16.0 Å². The van der Waals surface area contributed by atoms with Crippen molar-refractivity contribution < 1.29 is 9.72 Å². The maximum Gasteiger partial charge on any atom is 0.295 e. The van der Waals surface area contributed by atoms with Crippen LogP contribution in [0.4, 0.5) is 11.4 Å². The van der Waals surface area contributed by atoms with E-state index in [1.54, 1.807) is 6.07 Å². The van der Waals surface area contributed by atoms with E-state index in [4.69, 9.17) is 11.5 Å². The summed E-state index contributed by atoms with van der Waals surface area (Å²) in [5.41, 5.74) is 11.7. The number of hydrogen-bond acceptors (Lipinski definition) is 5. The zero-order chi connectivity index (χ0) is 15.6. The van der Waals surface area contributed by atoms with Gasteiger partial charge in [0.05, 0.1) is 11.5 Å². The van der Waals surface area contributed by atoms with Gasteiger partial charge in [-0.25, -0.2) is 4.99 Å². The van der Waals surface area contributed by atoms with Gasteiger partial charge in [0.1, 0.15) is 5.69 Å². The quantitative estimate of drug-likeness (QED) is 0.368. The molecule has 1 aliphatic heterocycles. The van der Waals surface area contributed by atoms with E-state index in [9.17, 15) is 14.9 Å². The first-order valence-electron chi connectivity index (χ1n) is 6.33. The third kappa shape index (κ3) is 3.22. The van der Waals surface area contributed by atoms with Crippen molar-refractivity contribution in [3.8, 4) is 0 Å². The molecule has 8 nitrogen and oxygen atoms in total.